The van der Waals surface area contributed by atoms with E-state index in [1.165, 1.54) is 12.1 Å². The summed E-state index contributed by atoms with van der Waals surface area (Å²) in [6.07, 6.45) is 1.08. The van der Waals surface area contributed by atoms with Gasteiger partial charge in [-0.2, -0.15) is 0 Å². The largest absolute Gasteiger partial charge is 0.456 e. The summed E-state index contributed by atoms with van der Waals surface area (Å²) in [4.78, 5) is 40.6. The first-order valence-electron chi connectivity index (χ1n) is 10.2. The number of nitrogens with one attached hydrogen (secondary N) is 2. The zero-order valence-corrected chi connectivity index (χ0v) is 20.0. The number of fused-ring (bicyclic) bond motifs is 1. The van der Waals surface area contributed by atoms with E-state index in [1.54, 1.807) is 27.0 Å². The van der Waals surface area contributed by atoms with Crippen LogP contribution in [0.2, 0.25) is 0 Å². The highest BCUT2D eigenvalue weighted by atomic mass is 79.9. The van der Waals surface area contributed by atoms with Gasteiger partial charge in [0.25, 0.3) is 0 Å². The van der Waals surface area contributed by atoms with Crippen LogP contribution < -0.4 is 5.32 Å². The SMILES string of the molecule is CC(C)(C)OC(=O)N[C@@H](Cc1c[nH]c2ccc(Br)cc12)C(=O)OCC(=O)c1ccc(F)cc1. The molecule has 174 valence electrons. The van der Waals surface area contributed by atoms with Crippen LogP contribution in [0.1, 0.15) is 36.7 Å². The van der Waals surface area contributed by atoms with E-state index in [0.29, 0.717) is 0 Å². The summed E-state index contributed by atoms with van der Waals surface area (Å²) in [6, 6.07) is 9.49. The number of hydrogen-bond acceptors (Lipinski definition) is 5. The summed E-state index contributed by atoms with van der Waals surface area (Å²) in [7, 11) is 0. The zero-order valence-electron chi connectivity index (χ0n) is 18.4. The van der Waals surface area contributed by atoms with Gasteiger partial charge in [0.05, 0.1) is 0 Å². The molecule has 0 aliphatic carbocycles. The Balaban J connectivity index is 1.75. The number of rotatable bonds is 7. The van der Waals surface area contributed by atoms with E-state index in [9.17, 15) is 18.8 Å². The molecule has 0 fully saturated rings. The number of aromatic nitrogens is 1. The van der Waals surface area contributed by atoms with E-state index < -0.39 is 41.9 Å². The Kier molecular flexibility index (Phi) is 7.53. The number of ketones is 1. The molecule has 0 saturated heterocycles. The molecule has 9 heteroatoms. The molecule has 33 heavy (non-hydrogen) atoms. The van der Waals surface area contributed by atoms with Gasteiger partial charge in [-0.05, 0) is 68.8 Å². The second-order valence-corrected chi connectivity index (χ2v) is 9.36. The third-order valence-electron chi connectivity index (χ3n) is 4.64. The fourth-order valence-electron chi connectivity index (χ4n) is 3.14. The van der Waals surface area contributed by atoms with E-state index in [0.717, 1.165) is 33.1 Å². The molecular weight excluding hydrogens is 495 g/mol. The molecule has 1 amide bonds. The summed E-state index contributed by atoms with van der Waals surface area (Å²) in [5, 5.41) is 3.41. The van der Waals surface area contributed by atoms with Crippen LogP contribution in [0.5, 0.6) is 0 Å². The third kappa shape index (κ3) is 6.89. The lowest BCUT2D eigenvalue weighted by Crippen LogP contribution is -2.45. The number of esters is 1. The summed E-state index contributed by atoms with van der Waals surface area (Å²) in [6.45, 7) is 4.58. The van der Waals surface area contributed by atoms with E-state index in [2.05, 4.69) is 26.2 Å². The first-order valence-corrected chi connectivity index (χ1v) is 11.0. The lowest BCUT2D eigenvalue weighted by molar-refractivity contribution is -0.145. The van der Waals surface area contributed by atoms with Gasteiger partial charge in [-0.25, -0.2) is 14.0 Å². The van der Waals surface area contributed by atoms with Crippen LogP contribution >= 0.6 is 15.9 Å². The van der Waals surface area contributed by atoms with E-state index in [1.807, 2.05) is 18.2 Å². The van der Waals surface area contributed by atoms with Crippen molar-refractivity contribution in [3.63, 3.8) is 0 Å². The highest BCUT2D eigenvalue weighted by Gasteiger charge is 2.27. The molecule has 1 atom stereocenters. The van der Waals surface area contributed by atoms with Crippen LogP contribution in [0, 0.1) is 5.82 Å². The molecule has 0 aliphatic heterocycles. The van der Waals surface area contributed by atoms with Crippen molar-refractivity contribution >= 4 is 44.7 Å². The molecule has 0 radical (unpaired) electrons. The molecular formula is C24H24BrFN2O5. The fourth-order valence-corrected chi connectivity index (χ4v) is 3.50. The Hall–Kier alpha value is -3.20. The molecule has 7 nitrogen and oxygen atoms in total. The van der Waals surface area contributed by atoms with Gasteiger partial charge in [0.2, 0.25) is 0 Å². The topological polar surface area (TPSA) is 97.5 Å². The maximum atomic E-state index is 13.1. The molecule has 0 saturated carbocycles. The van der Waals surface area contributed by atoms with Crippen molar-refractivity contribution in [2.45, 2.75) is 38.8 Å². The normalized spacial score (nSPS) is 12.3. The highest BCUT2D eigenvalue weighted by molar-refractivity contribution is 9.10. The Morgan fingerprint density at radius 1 is 1.12 bits per heavy atom. The Labute approximate surface area is 198 Å². The van der Waals surface area contributed by atoms with Crippen molar-refractivity contribution in [1.82, 2.24) is 10.3 Å². The van der Waals surface area contributed by atoms with Crippen LogP contribution in [0.15, 0.2) is 53.1 Å². The van der Waals surface area contributed by atoms with Gasteiger partial charge in [0.15, 0.2) is 12.4 Å². The van der Waals surface area contributed by atoms with Crippen molar-refractivity contribution in [1.29, 1.82) is 0 Å². The van der Waals surface area contributed by atoms with Crippen molar-refractivity contribution in [2.75, 3.05) is 6.61 Å². The number of ether oxygens (including phenoxy) is 2. The molecule has 3 rings (SSSR count). The van der Waals surface area contributed by atoms with E-state index in [-0.39, 0.29) is 12.0 Å². The average Bonchev–Trinajstić information content (AvgIpc) is 3.12. The maximum Gasteiger partial charge on any atom is 0.408 e. The molecule has 2 N–H and O–H groups in total. The van der Waals surface area contributed by atoms with Crippen LogP contribution in [0.4, 0.5) is 9.18 Å². The molecule has 1 aromatic heterocycles. The van der Waals surface area contributed by atoms with Gasteiger partial charge < -0.3 is 19.8 Å². The van der Waals surface area contributed by atoms with Gasteiger partial charge in [0, 0.05) is 33.6 Å². The number of H-pyrrole nitrogens is 1. The highest BCUT2D eigenvalue weighted by Crippen LogP contribution is 2.24. The standard InChI is InChI=1S/C24H24BrFN2O5/c1-24(2,3)33-23(31)28-20(10-15-12-27-19-9-6-16(25)11-18(15)19)22(30)32-13-21(29)14-4-7-17(26)8-5-14/h4-9,11-12,20,27H,10,13H2,1-3H3,(H,28,31)/t20-/m0/s1. The first-order chi connectivity index (χ1) is 15.5. The number of benzene rings is 2. The van der Waals surface area contributed by atoms with Gasteiger partial charge in [0.1, 0.15) is 17.5 Å². The van der Waals surface area contributed by atoms with Gasteiger partial charge in [-0.1, -0.05) is 15.9 Å². The number of halogens is 2. The van der Waals surface area contributed by atoms with Crippen LogP contribution in [0.25, 0.3) is 10.9 Å². The number of carbonyl (C=O) groups is 3. The molecule has 0 bridgehead atoms. The minimum absolute atomic E-state index is 0.110. The number of aromatic amines is 1. The Morgan fingerprint density at radius 3 is 2.48 bits per heavy atom. The van der Waals surface area contributed by atoms with Gasteiger partial charge in [-0.3, -0.25) is 4.79 Å². The van der Waals surface area contributed by atoms with Crippen LogP contribution in [-0.2, 0) is 20.7 Å². The minimum atomic E-state index is -1.10. The van der Waals surface area contributed by atoms with E-state index >= 15 is 0 Å². The lowest BCUT2D eigenvalue weighted by atomic mass is 10.0. The Bertz CT molecular complexity index is 1170. The number of hydrogen-bond donors (Lipinski definition) is 2. The molecule has 2 aromatic carbocycles. The third-order valence-corrected chi connectivity index (χ3v) is 5.13. The fraction of sp³-hybridized carbons (Fsp3) is 0.292. The van der Waals surface area contributed by atoms with Gasteiger partial charge in [-0.15, -0.1) is 0 Å². The van der Waals surface area contributed by atoms with Crippen molar-refractivity contribution in [2.24, 2.45) is 0 Å². The van der Waals surface area contributed by atoms with Crippen molar-refractivity contribution < 1.29 is 28.2 Å². The maximum absolute atomic E-state index is 13.1. The quantitative estimate of drug-likeness (QED) is 0.341. The summed E-state index contributed by atoms with van der Waals surface area (Å²) in [5.74, 6) is -1.76. The number of amides is 1. The summed E-state index contributed by atoms with van der Waals surface area (Å²) < 4.78 is 24.4. The number of Topliss-reactive ketones (excluding diaryl/α,β-unsaturated/α-hetero) is 1. The second-order valence-electron chi connectivity index (χ2n) is 8.44. The first kappa shape index (κ1) is 24.4. The number of carbonyl (C=O) groups excluding carboxylic acids is 3. The van der Waals surface area contributed by atoms with Crippen LogP contribution in [-0.4, -0.2) is 41.1 Å². The van der Waals surface area contributed by atoms with E-state index in [4.69, 9.17) is 9.47 Å². The van der Waals surface area contributed by atoms with Gasteiger partial charge >= 0.3 is 12.1 Å². The van der Waals surface area contributed by atoms with Crippen molar-refractivity contribution in [3.8, 4) is 0 Å². The average molecular weight is 519 g/mol. The van der Waals surface area contributed by atoms with Crippen LogP contribution in [0.3, 0.4) is 0 Å². The van der Waals surface area contributed by atoms with Crippen molar-refractivity contribution in [3.05, 3.63) is 70.1 Å². The zero-order chi connectivity index (χ0) is 24.2. The molecule has 0 unspecified atom stereocenters. The molecule has 3 aromatic rings. The Morgan fingerprint density at radius 2 is 1.82 bits per heavy atom. The smallest absolute Gasteiger partial charge is 0.408 e. The molecule has 1 heterocycles. The summed E-state index contributed by atoms with van der Waals surface area (Å²) >= 11 is 3.43. The second kappa shape index (κ2) is 10.2. The predicted octanol–water partition coefficient (Wildman–Crippen LogP) is 4.93. The predicted molar refractivity (Wildman–Crippen MR) is 125 cm³/mol. The monoisotopic (exact) mass is 518 g/mol. The molecule has 0 aliphatic rings. The lowest BCUT2D eigenvalue weighted by Gasteiger charge is -2.23. The number of alkyl carbamates (subject to hydrolysis) is 1. The summed E-state index contributed by atoms with van der Waals surface area (Å²) in [5.41, 5.74) is 1.09. The minimum Gasteiger partial charge on any atom is -0.456 e. The molecule has 0 spiro atoms.